The van der Waals surface area contributed by atoms with Gasteiger partial charge in [0.25, 0.3) is 5.78 Å². The smallest absolute Gasteiger partial charge is 0.361 e. The Hall–Kier alpha value is -4.13. The van der Waals surface area contributed by atoms with Crippen LogP contribution in [-0.4, -0.2) is 49.5 Å². The molecule has 0 saturated heterocycles. The Morgan fingerprint density at radius 1 is 0.660 bits per heavy atom. The molecule has 264 valence electrons. The van der Waals surface area contributed by atoms with Crippen LogP contribution in [0.3, 0.4) is 0 Å². The quantitative estimate of drug-likeness (QED) is 0.0851. The van der Waals surface area contributed by atoms with Gasteiger partial charge in [0.2, 0.25) is 23.2 Å². The standard InChI is InChI=1S/C31H22Br2F8N6O3/c1-13-21-26(32)42-28(30(36,37)38)46(21)9-7-44(13)19-11-15(34)3-5-17(19)23(48)25(50)24(49)18-6-4-16(35)12-20(18)45-8-10-47-22(14(45)2)27(33)43-29(47)31(39,40)41/h3-6,11-14H,7-10H2,1-2H3. The second-order valence-corrected chi connectivity index (χ2v) is 13.1. The van der Waals surface area contributed by atoms with Crippen molar-refractivity contribution in [3.8, 4) is 0 Å². The average molecular weight is 838 g/mol. The van der Waals surface area contributed by atoms with E-state index in [1.807, 2.05) is 0 Å². The van der Waals surface area contributed by atoms with Crippen molar-refractivity contribution in [2.75, 3.05) is 22.9 Å². The summed E-state index contributed by atoms with van der Waals surface area (Å²) in [6.45, 7) is 2.13. The Morgan fingerprint density at radius 2 is 1.02 bits per heavy atom. The number of aromatic nitrogens is 4. The number of hydrogen-bond acceptors (Lipinski definition) is 7. The fourth-order valence-electron chi connectivity index (χ4n) is 6.53. The van der Waals surface area contributed by atoms with Gasteiger partial charge < -0.3 is 18.9 Å². The van der Waals surface area contributed by atoms with Crippen LogP contribution in [0.15, 0.2) is 45.6 Å². The summed E-state index contributed by atoms with van der Waals surface area (Å²) in [5, 5.41) is 0. The number of fused-ring (bicyclic) bond motifs is 2. The Balaban J connectivity index is 1.33. The number of nitrogens with zero attached hydrogens (tertiary/aromatic N) is 6. The third kappa shape index (κ3) is 6.01. The Kier molecular flexibility index (Phi) is 8.98. The van der Waals surface area contributed by atoms with Crippen LogP contribution in [0.5, 0.6) is 0 Å². The van der Waals surface area contributed by atoms with Crippen molar-refractivity contribution >= 4 is 60.6 Å². The Bertz CT molecular complexity index is 1930. The lowest BCUT2D eigenvalue weighted by Crippen LogP contribution is -2.40. The van der Waals surface area contributed by atoms with E-state index in [0.717, 1.165) is 45.5 Å². The number of hydrogen-bond donors (Lipinski definition) is 0. The molecule has 0 aliphatic carbocycles. The van der Waals surface area contributed by atoms with E-state index in [1.165, 1.54) is 23.6 Å². The summed E-state index contributed by atoms with van der Waals surface area (Å²) in [5.74, 6) is -8.31. The Labute approximate surface area is 294 Å². The molecule has 0 spiro atoms. The minimum atomic E-state index is -4.77. The van der Waals surface area contributed by atoms with Crippen LogP contribution in [0.25, 0.3) is 0 Å². The van der Waals surface area contributed by atoms with Crippen LogP contribution in [0.4, 0.5) is 46.5 Å². The highest BCUT2D eigenvalue weighted by Gasteiger charge is 2.44. The number of carbonyl (C=O) groups excluding carboxylic acids is 3. The highest BCUT2D eigenvalue weighted by atomic mass is 79.9. The predicted molar refractivity (Wildman–Crippen MR) is 168 cm³/mol. The number of ketones is 3. The maximum Gasteiger partial charge on any atom is 0.449 e. The molecule has 2 aromatic heterocycles. The summed E-state index contributed by atoms with van der Waals surface area (Å²) in [6, 6.07) is 3.69. The first kappa shape index (κ1) is 35.7. The number of halogens is 10. The average Bonchev–Trinajstić information content (AvgIpc) is 3.58. The monoisotopic (exact) mass is 836 g/mol. The zero-order valence-corrected chi connectivity index (χ0v) is 28.8. The summed E-state index contributed by atoms with van der Waals surface area (Å²) in [4.78, 5) is 51.0. The third-order valence-electron chi connectivity index (χ3n) is 8.73. The number of rotatable bonds is 6. The van der Waals surface area contributed by atoms with Crippen LogP contribution in [0, 0.1) is 11.6 Å². The van der Waals surface area contributed by atoms with Crippen LogP contribution >= 0.6 is 31.9 Å². The van der Waals surface area contributed by atoms with Gasteiger partial charge in [-0.25, -0.2) is 18.7 Å². The molecule has 0 saturated carbocycles. The topological polar surface area (TPSA) is 93.3 Å². The maximum atomic E-state index is 14.6. The second-order valence-electron chi connectivity index (χ2n) is 11.6. The number of carbonyl (C=O) groups is 3. The minimum absolute atomic E-state index is 0.0792. The predicted octanol–water partition coefficient (Wildman–Crippen LogP) is 7.72. The molecule has 2 unspecified atom stereocenters. The van der Waals surface area contributed by atoms with E-state index in [0.29, 0.717) is 0 Å². The van der Waals surface area contributed by atoms with Gasteiger partial charge in [-0.05, 0) is 82.1 Å². The molecule has 4 aromatic rings. The van der Waals surface area contributed by atoms with Gasteiger partial charge in [0.15, 0.2) is 0 Å². The maximum absolute atomic E-state index is 14.6. The zero-order chi connectivity index (χ0) is 36.6. The lowest BCUT2D eigenvalue weighted by atomic mass is 9.95. The first-order chi connectivity index (χ1) is 23.3. The van der Waals surface area contributed by atoms with Crippen molar-refractivity contribution in [1.82, 2.24) is 19.1 Å². The molecule has 0 amide bonds. The van der Waals surface area contributed by atoms with Crippen LogP contribution in [0.2, 0.25) is 0 Å². The molecule has 9 nitrogen and oxygen atoms in total. The summed E-state index contributed by atoms with van der Waals surface area (Å²) in [5.41, 5.74) is -1.01. The van der Waals surface area contributed by atoms with Crippen LogP contribution in [-0.2, 0) is 30.2 Å². The molecule has 0 bridgehead atoms. The highest BCUT2D eigenvalue weighted by Crippen LogP contribution is 2.43. The first-order valence-corrected chi connectivity index (χ1v) is 16.3. The van der Waals surface area contributed by atoms with E-state index < -0.39 is 76.2 Å². The molecule has 2 aromatic carbocycles. The molecule has 2 aliphatic rings. The van der Waals surface area contributed by atoms with E-state index >= 15 is 0 Å². The van der Waals surface area contributed by atoms with E-state index in [-0.39, 0.29) is 58.1 Å². The van der Waals surface area contributed by atoms with E-state index in [9.17, 15) is 49.5 Å². The van der Waals surface area contributed by atoms with Gasteiger partial charge in [-0.1, -0.05) is 0 Å². The number of alkyl halides is 6. The van der Waals surface area contributed by atoms with Gasteiger partial charge in [0.1, 0.15) is 20.8 Å². The molecule has 6 rings (SSSR count). The molecule has 4 heterocycles. The van der Waals surface area contributed by atoms with E-state index in [4.69, 9.17) is 0 Å². The lowest BCUT2D eigenvalue weighted by Gasteiger charge is -2.38. The molecule has 0 radical (unpaired) electrons. The number of imidazole rings is 2. The molecular formula is C31H22Br2F8N6O3. The van der Waals surface area contributed by atoms with Gasteiger partial charge in [-0.3, -0.25) is 14.4 Å². The van der Waals surface area contributed by atoms with Gasteiger partial charge in [-0.15, -0.1) is 0 Å². The van der Waals surface area contributed by atoms with Crippen LogP contribution in [0.1, 0.15) is 69.7 Å². The van der Waals surface area contributed by atoms with Gasteiger partial charge in [0.05, 0.1) is 34.8 Å². The fraction of sp³-hybridized carbons (Fsp3) is 0.323. The molecular weight excluding hydrogens is 816 g/mol. The summed E-state index contributed by atoms with van der Waals surface area (Å²) in [7, 11) is 0. The van der Waals surface area contributed by atoms with Gasteiger partial charge in [-0.2, -0.15) is 26.3 Å². The lowest BCUT2D eigenvalue weighted by molar-refractivity contribution is -0.148. The Morgan fingerprint density at radius 3 is 1.36 bits per heavy atom. The summed E-state index contributed by atoms with van der Waals surface area (Å²) in [6.07, 6.45) is -9.55. The van der Waals surface area contributed by atoms with Crippen molar-refractivity contribution < 1.29 is 49.5 Å². The molecule has 19 heteroatoms. The van der Waals surface area contributed by atoms with Crippen molar-refractivity contribution in [1.29, 1.82) is 0 Å². The van der Waals surface area contributed by atoms with Crippen molar-refractivity contribution in [3.63, 3.8) is 0 Å². The molecule has 0 fully saturated rings. The van der Waals surface area contributed by atoms with Crippen LogP contribution < -0.4 is 9.80 Å². The minimum Gasteiger partial charge on any atom is -0.361 e. The van der Waals surface area contributed by atoms with E-state index in [2.05, 4.69) is 41.8 Å². The number of anilines is 2. The first-order valence-electron chi connectivity index (χ1n) is 14.7. The van der Waals surface area contributed by atoms with Crippen molar-refractivity contribution in [2.24, 2.45) is 0 Å². The van der Waals surface area contributed by atoms with Gasteiger partial charge >= 0.3 is 12.4 Å². The largest absolute Gasteiger partial charge is 0.449 e. The SMILES string of the molecule is CC1c2c(Br)nc(C(F)(F)F)n2CCN1c1cc(F)ccc1C(=O)C(=O)C(=O)c1ccc(F)cc1N1CCn2c(C(F)(F)F)nc(Br)c2C1C. The van der Waals surface area contributed by atoms with Gasteiger partial charge in [0, 0.05) is 37.3 Å². The molecule has 2 aliphatic heterocycles. The zero-order valence-electron chi connectivity index (χ0n) is 25.6. The summed E-state index contributed by atoms with van der Waals surface area (Å²) < 4.78 is 113. The van der Waals surface area contributed by atoms with E-state index in [1.54, 1.807) is 0 Å². The molecule has 50 heavy (non-hydrogen) atoms. The normalized spacial score (nSPS) is 17.8. The van der Waals surface area contributed by atoms with Crippen molar-refractivity contribution in [3.05, 3.63) is 91.4 Å². The number of Topliss-reactive ketones (excluding diaryl/α,β-unsaturated/α-hetero) is 3. The fourth-order valence-corrected chi connectivity index (χ4v) is 7.95. The second kappa shape index (κ2) is 12.6. The highest BCUT2D eigenvalue weighted by molar-refractivity contribution is 9.10. The van der Waals surface area contributed by atoms with Crippen molar-refractivity contribution in [2.45, 2.75) is 51.4 Å². The number of benzene rings is 2. The summed E-state index contributed by atoms with van der Waals surface area (Å²) >= 11 is 6.10. The third-order valence-corrected chi connectivity index (χ3v) is 9.89. The molecule has 0 N–H and O–H groups in total. The molecule has 2 atom stereocenters.